The number of nitrogens with one attached hydrogen (secondary N) is 1. The first-order valence-corrected chi connectivity index (χ1v) is 8.13. The summed E-state index contributed by atoms with van der Waals surface area (Å²) in [5, 5.41) is 2.85. The van der Waals surface area contributed by atoms with Crippen molar-refractivity contribution in [2.45, 2.75) is 45.0 Å². The Balaban J connectivity index is 1.97. The van der Waals surface area contributed by atoms with E-state index in [1.807, 2.05) is 12.1 Å². The summed E-state index contributed by atoms with van der Waals surface area (Å²) in [6.45, 7) is 6.51. The van der Waals surface area contributed by atoms with Crippen molar-refractivity contribution in [2.24, 2.45) is 0 Å². The monoisotopic (exact) mass is 329 g/mol. The van der Waals surface area contributed by atoms with E-state index in [-0.39, 0.29) is 16.5 Å². The molecule has 0 aliphatic heterocycles. The Morgan fingerprint density at radius 2 is 1.88 bits per heavy atom. The number of alkyl halides is 2. The molecular weight excluding hydrogens is 308 g/mol. The second-order valence-electron chi connectivity index (χ2n) is 7.10. The molecule has 4 heteroatoms. The van der Waals surface area contributed by atoms with Crippen LogP contribution in [0.3, 0.4) is 0 Å². The highest BCUT2D eigenvalue weighted by Crippen LogP contribution is 2.48. The van der Waals surface area contributed by atoms with Crippen molar-refractivity contribution >= 4 is 11.6 Å². The smallest absolute Gasteiger partial charge is 0.264 e. The summed E-state index contributed by atoms with van der Waals surface area (Å²) in [5.41, 5.74) is 2.89. The van der Waals surface area contributed by atoms with Crippen LogP contribution in [0.15, 0.2) is 42.5 Å². The van der Waals surface area contributed by atoms with E-state index in [1.54, 1.807) is 6.07 Å². The van der Waals surface area contributed by atoms with Crippen LogP contribution in [0.1, 0.15) is 66.6 Å². The molecular formula is C20H21F2NO. The van der Waals surface area contributed by atoms with Crippen molar-refractivity contribution in [3.63, 3.8) is 0 Å². The van der Waals surface area contributed by atoms with E-state index in [2.05, 4.69) is 32.2 Å². The van der Waals surface area contributed by atoms with Crippen LogP contribution >= 0.6 is 0 Å². The Bertz CT molecular complexity index is 783. The molecule has 0 saturated carbocycles. The Labute approximate surface area is 140 Å². The van der Waals surface area contributed by atoms with E-state index < -0.39 is 12.3 Å². The Kier molecular flexibility index (Phi) is 4.16. The van der Waals surface area contributed by atoms with Crippen LogP contribution in [0.2, 0.25) is 0 Å². The summed E-state index contributed by atoms with van der Waals surface area (Å²) in [6, 6.07) is 11.7. The largest absolute Gasteiger partial charge is 0.322 e. The lowest BCUT2D eigenvalue weighted by atomic mass is 9.86. The molecule has 1 atom stereocenters. The molecule has 1 unspecified atom stereocenters. The molecule has 0 bridgehead atoms. The third-order valence-electron chi connectivity index (χ3n) is 4.83. The summed E-state index contributed by atoms with van der Waals surface area (Å²) in [6.07, 6.45) is -1.67. The van der Waals surface area contributed by atoms with Gasteiger partial charge in [-0.3, -0.25) is 4.79 Å². The van der Waals surface area contributed by atoms with Gasteiger partial charge in [0, 0.05) is 16.8 Å². The number of hydrogen-bond donors (Lipinski definition) is 1. The van der Waals surface area contributed by atoms with E-state index in [9.17, 15) is 13.6 Å². The SMILES string of the molecule is CC1CC(C)(C)c2cccc(NC(=O)c3ccccc3C(F)F)c21. The van der Waals surface area contributed by atoms with E-state index in [0.29, 0.717) is 5.92 Å². The second-order valence-corrected chi connectivity index (χ2v) is 7.10. The number of hydrogen-bond acceptors (Lipinski definition) is 1. The van der Waals surface area contributed by atoms with Crippen LogP contribution in [0.5, 0.6) is 0 Å². The molecule has 1 N–H and O–H groups in total. The molecule has 2 aromatic rings. The fourth-order valence-corrected chi connectivity index (χ4v) is 3.86. The van der Waals surface area contributed by atoms with Gasteiger partial charge in [0.15, 0.2) is 0 Å². The second kappa shape index (κ2) is 6.00. The molecule has 0 saturated heterocycles. The Morgan fingerprint density at radius 1 is 1.17 bits per heavy atom. The van der Waals surface area contributed by atoms with Crippen LogP contribution in [-0.2, 0) is 5.41 Å². The van der Waals surface area contributed by atoms with Crippen molar-refractivity contribution in [3.05, 3.63) is 64.7 Å². The number of amides is 1. The van der Waals surface area contributed by atoms with Crippen molar-refractivity contribution in [1.29, 1.82) is 0 Å². The summed E-state index contributed by atoms with van der Waals surface area (Å²) < 4.78 is 26.3. The third kappa shape index (κ3) is 2.81. The van der Waals surface area contributed by atoms with Gasteiger partial charge in [-0.1, -0.05) is 51.1 Å². The highest BCUT2D eigenvalue weighted by Gasteiger charge is 2.36. The highest BCUT2D eigenvalue weighted by molar-refractivity contribution is 6.06. The lowest BCUT2D eigenvalue weighted by molar-refractivity contribution is 0.101. The zero-order chi connectivity index (χ0) is 17.5. The van der Waals surface area contributed by atoms with Gasteiger partial charge >= 0.3 is 0 Å². The molecule has 1 amide bonds. The lowest BCUT2D eigenvalue weighted by Gasteiger charge is -2.19. The van der Waals surface area contributed by atoms with Crippen LogP contribution in [0.25, 0.3) is 0 Å². The maximum atomic E-state index is 13.1. The number of halogens is 2. The summed E-state index contributed by atoms with van der Waals surface area (Å²) in [7, 11) is 0. The predicted octanol–water partition coefficient (Wildman–Crippen LogP) is 5.66. The molecule has 24 heavy (non-hydrogen) atoms. The van der Waals surface area contributed by atoms with Crippen LogP contribution in [0.4, 0.5) is 14.5 Å². The first kappa shape index (κ1) is 16.6. The van der Waals surface area contributed by atoms with E-state index >= 15 is 0 Å². The first-order chi connectivity index (χ1) is 11.3. The van der Waals surface area contributed by atoms with Crippen molar-refractivity contribution in [3.8, 4) is 0 Å². The minimum absolute atomic E-state index is 0.0232. The van der Waals surface area contributed by atoms with Gasteiger partial charge in [-0.15, -0.1) is 0 Å². The molecule has 2 nitrogen and oxygen atoms in total. The van der Waals surface area contributed by atoms with Crippen molar-refractivity contribution in [2.75, 3.05) is 5.32 Å². The van der Waals surface area contributed by atoms with Crippen molar-refractivity contribution < 1.29 is 13.6 Å². The molecule has 0 fully saturated rings. The van der Waals surface area contributed by atoms with Gasteiger partial charge in [0.2, 0.25) is 0 Å². The predicted molar refractivity (Wildman–Crippen MR) is 91.9 cm³/mol. The van der Waals surface area contributed by atoms with Gasteiger partial charge in [0.1, 0.15) is 0 Å². The maximum Gasteiger partial charge on any atom is 0.264 e. The minimum Gasteiger partial charge on any atom is -0.322 e. The molecule has 0 radical (unpaired) electrons. The van der Waals surface area contributed by atoms with Gasteiger partial charge < -0.3 is 5.32 Å². The fraction of sp³-hybridized carbons (Fsp3) is 0.350. The summed E-state index contributed by atoms with van der Waals surface area (Å²) >= 11 is 0. The number of rotatable bonds is 3. The number of benzene rings is 2. The average Bonchev–Trinajstić information content (AvgIpc) is 2.77. The topological polar surface area (TPSA) is 29.1 Å². The minimum atomic E-state index is -2.67. The van der Waals surface area contributed by atoms with Gasteiger partial charge in [-0.25, -0.2) is 8.78 Å². The van der Waals surface area contributed by atoms with E-state index in [0.717, 1.165) is 17.7 Å². The standard InChI is InChI=1S/C20H21F2NO/c1-12-11-20(2,3)15-9-6-10-16(17(12)15)23-19(24)14-8-5-4-7-13(14)18(21)22/h4-10,12,18H,11H2,1-3H3,(H,23,24). The number of carbonyl (C=O) groups is 1. The average molecular weight is 329 g/mol. The zero-order valence-corrected chi connectivity index (χ0v) is 14.1. The van der Waals surface area contributed by atoms with Crippen LogP contribution in [0, 0.1) is 0 Å². The van der Waals surface area contributed by atoms with Crippen molar-refractivity contribution in [1.82, 2.24) is 0 Å². The quantitative estimate of drug-likeness (QED) is 0.773. The lowest BCUT2D eigenvalue weighted by Crippen LogP contribution is -2.16. The molecule has 0 spiro atoms. The molecule has 2 aromatic carbocycles. The van der Waals surface area contributed by atoms with Gasteiger partial charge in [-0.2, -0.15) is 0 Å². The molecule has 1 aliphatic carbocycles. The van der Waals surface area contributed by atoms with Crippen LogP contribution in [-0.4, -0.2) is 5.91 Å². The molecule has 126 valence electrons. The normalized spacial score (nSPS) is 18.5. The molecule has 1 aliphatic rings. The van der Waals surface area contributed by atoms with Gasteiger partial charge in [-0.05, 0) is 41.0 Å². The van der Waals surface area contributed by atoms with Crippen LogP contribution < -0.4 is 5.32 Å². The molecule has 0 heterocycles. The van der Waals surface area contributed by atoms with Gasteiger partial charge in [0.05, 0.1) is 0 Å². The van der Waals surface area contributed by atoms with Gasteiger partial charge in [0.25, 0.3) is 12.3 Å². The first-order valence-electron chi connectivity index (χ1n) is 8.13. The van der Waals surface area contributed by atoms with E-state index in [1.165, 1.54) is 23.8 Å². The fourth-order valence-electron chi connectivity index (χ4n) is 3.86. The molecule has 3 rings (SSSR count). The number of fused-ring (bicyclic) bond motifs is 1. The Morgan fingerprint density at radius 3 is 2.58 bits per heavy atom. The van der Waals surface area contributed by atoms with E-state index in [4.69, 9.17) is 0 Å². The number of anilines is 1. The third-order valence-corrected chi connectivity index (χ3v) is 4.83. The molecule has 0 aromatic heterocycles. The maximum absolute atomic E-state index is 13.1. The Hall–Kier alpha value is -2.23. The summed E-state index contributed by atoms with van der Waals surface area (Å²) in [4.78, 5) is 12.6. The zero-order valence-electron chi connectivity index (χ0n) is 14.1. The summed E-state index contributed by atoms with van der Waals surface area (Å²) in [5.74, 6) is -0.173. The number of carbonyl (C=O) groups excluding carboxylic acids is 1. The highest BCUT2D eigenvalue weighted by atomic mass is 19.3.